The summed E-state index contributed by atoms with van der Waals surface area (Å²) < 4.78 is 3.15. The molecule has 0 saturated carbocycles. The standard InChI is InChI=1S/C12H22N2S/c1-5-10(6-2)9(4)14-11(7-3)8-13-12(14)15/h8-10H,5-7H2,1-4H3,(H,13,15). The van der Waals surface area contributed by atoms with Crippen LogP contribution >= 0.6 is 12.2 Å². The highest BCUT2D eigenvalue weighted by atomic mass is 32.1. The SMILES string of the molecule is CCc1c[nH]c(=S)n1C(C)C(CC)CC. The van der Waals surface area contributed by atoms with E-state index < -0.39 is 0 Å². The number of rotatable bonds is 5. The number of aromatic amines is 1. The molecule has 0 saturated heterocycles. The molecule has 15 heavy (non-hydrogen) atoms. The van der Waals surface area contributed by atoms with E-state index in [1.54, 1.807) is 0 Å². The van der Waals surface area contributed by atoms with Crippen molar-refractivity contribution in [3.05, 3.63) is 16.7 Å². The van der Waals surface area contributed by atoms with Crippen LogP contribution < -0.4 is 0 Å². The van der Waals surface area contributed by atoms with Gasteiger partial charge in [-0.1, -0.05) is 33.6 Å². The molecular weight excluding hydrogens is 204 g/mol. The van der Waals surface area contributed by atoms with Crippen LogP contribution in [0, 0.1) is 10.7 Å². The Kier molecular flexibility index (Phi) is 4.58. The summed E-state index contributed by atoms with van der Waals surface area (Å²) in [5.41, 5.74) is 1.32. The fraction of sp³-hybridized carbons (Fsp3) is 0.750. The zero-order valence-electron chi connectivity index (χ0n) is 10.2. The minimum Gasteiger partial charge on any atom is -0.337 e. The Morgan fingerprint density at radius 3 is 2.40 bits per heavy atom. The highest BCUT2D eigenvalue weighted by Crippen LogP contribution is 2.25. The first-order valence-corrected chi connectivity index (χ1v) is 6.35. The first-order valence-electron chi connectivity index (χ1n) is 5.94. The van der Waals surface area contributed by atoms with E-state index in [0.717, 1.165) is 17.1 Å². The van der Waals surface area contributed by atoms with Crippen molar-refractivity contribution in [2.24, 2.45) is 5.92 Å². The van der Waals surface area contributed by atoms with Gasteiger partial charge in [-0.05, 0) is 31.5 Å². The predicted octanol–water partition coefficient (Wildman–Crippen LogP) is 4.11. The van der Waals surface area contributed by atoms with Crippen LogP contribution in [0.4, 0.5) is 0 Å². The van der Waals surface area contributed by atoms with Crippen LogP contribution in [0.15, 0.2) is 6.20 Å². The lowest BCUT2D eigenvalue weighted by atomic mass is 9.95. The fourth-order valence-corrected chi connectivity index (χ4v) is 2.66. The van der Waals surface area contributed by atoms with Crippen molar-refractivity contribution in [1.29, 1.82) is 0 Å². The Balaban J connectivity index is 3.03. The molecule has 1 N–H and O–H groups in total. The minimum absolute atomic E-state index is 0.508. The number of imidazole rings is 1. The van der Waals surface area contributed by atoms with Crippen LogP contribution in [0.1, 0.15) is 52.3 Å². The van der Waals surface area contributed by atoms with Gasteiger partial charge in [0.1, 0.15) is 0 Å². The number of aromatic nitrogens is 2. The van der Waals surface area contributed by atoms with Crippen molar-refractivity contribution >= 4 is 12.2 Å². The number of hydrogen-bond donors (Lipinski definition) is 1. The zero-order valence-corrected chi connectivity index (χ0v) is 11.0. The Morgan fingerprint density at radius 1 is 1.33 bits per heavy atom. The summed E-state index contributed by atoms with van der Waals surface area (Å²) in [4.78, 5) is 3.15. The number of nitrogens with zero attached hydrogens (tertiary/aromatic N) is 1. The van der Waals surface area contributed by atoms with Crippen LogP contribution in [0.2, 0.25) is 0 Å². The molecule has 1 aromatic heterocycles. The van der Waals surface area contributed by atoms with Crippen molar-refractivity contribution in [2.45, 2.75) is 53.0 Å². The van der Waals surface area contributed by atoms with E-state index in [0.29, 0.717) is 6.04 Å². The summed E-state index contributed by atoms with van der Waals surface area (Å²) >= 11 is 5.34. The lowest BCUT2D eigenvalue weighted by molar-refractivity contribution is 0.325. The van der Waals surface area contributed by atoms with Gasteiger partial charge < -0.3 is 9.55 Å². The molecule has 1 unspecified atom stereocenters. The molecule has 3 heteroatoms. The minimum atomic E-state index is 0.508. The van der Waals surface area contributed by atoms with Crippen molar-refractivity contribution in [3.8, 4) is 0 Å². The third-order valence-corrected chi connectivity index (χ3v) is 3.71. The van der Waals surface area contributed by atoms with Gasteiger partial charge in [-0.25, -0.2) is 0 Å². The molecule has 0 spiro atoms. The summed E-state index contributed by atoms with van der Waals surface area (Å²) in [6.07, 6.45) is 5.51. The first kappa shape index (κ1) is 12.5. The van der Waals surface area contributed by atoms with Crippen LogP contribution in [0.5, 0.6) is 0 Å². The maximum absolute atomic E-state index is 5.34. The molecule has 0 aliphatic heterocycles. The average molecular weight is 226 g/mol. The number of aryl methyl sites for hydroxylation is 1. The van der Waals surface area contributed by atoms with Crippen molar-refractivity contribution in [1.82, 2.24) is 9.55 Å². The Labute approximate surface area is 97.7 Å². The zero-order chi connectivity index (χ0) is 11.4. The molecule has 0 aromatic carbocycles. The molecule has 1 aromatic rings. The van der Waals surface area contributed by atoms with Gasteiger partial charge in [-0.3, -0.25) is 0 Å². The summed E-state index contributed by atoms with van der Waals surface area (Å²) in [5.74, 6) is 0.720. The van der Waals surface area contributed by atoms with Gasteiger partial charge in [0.05, 0.1) is 0 Å². The fourth-order valence-electron chi connectivity index (χ4n) is 2.32. The van der Waals surface area contributed by atoms with Crippen molar-refractivity contribution < 1.29 is 0 Å². The Bertz CT molecular complexity index is 347. The normalized spacial score (nSPS) is 13.4. The van der Waals surface area contributed by atoms with Crippen LogP contribution in [0.25, 0.3) is 0 Å². The highest BCUT2D eigenvalue weighted by molar-refractivity contribution is 7.71. The molecule has 0 amide bonds. The second-order valence-corrected chi connectivity index (χ2v) is 4.51. The lowest BCUT2D eigenvalue weighted by Crippen LogP contribution is -2.17. The number of nitrogens with one attached hydrogen (secondary N) is 1. The van der Waals surface area contributed by atoms with Crippen molar-refractivity contribution in [3.63, 3.8) is 0 Å². The van der Waals surface area contributed by atoms with Crippen LogP contribution in [-0.2, 0) is 6.42 Å². The van der Waals surface area contributed by atoms with E-state index in [1.807, 2.05) is 6.20 Å². The van der Waals surface area contributed by atoms with Gasteiger partial charge in [0.25, 0.3) is 0 Å². The number of H-pyrrole nitrogens is 1. The van der Waals surface area contributed by atoms with Gasteiger partial charge >= 0.3 is 0 Å². The molecule has 1 rings (SSSR count). The first-order chi connectivity index (χ1) is 7.15. The largest absolute Gasteiger partial charge is 0.337 e. The molecule has 1 heterocycles. The third-order valence-electron chi connectivity index (χ3n) is 3.39. The predicted molar refractivity (Wildman–Crippen MR) is 67.8 cm³/mol. The highest BCUT2D eigenvalue weighted by Gasteiger charge is 2.17. The van der Waals surface area contributed by atoms with E-state index in [9.17, 15) is 0 Å². The summed E-state index contributed by atoms with van der Waals surface area (Å²) in [7, 11) is 0. The third kappa shape index (κ3) is 2.51. The van der Waals surface area contributed by atoms with E-state index in [4.69, 9.17) is 12.2 Å². The van der Waals surface area contributed by atoms with Gasteiger partial charge in [0.15, 0.2) is 4.77 Å². The van der Waals surface area contributed by atoms with E-state index in [-0.39, 0.29) is 0 Å². The van der Waals surface area contributed by atoms with Crippen molar-refractivity contribution in [2.75, 3.05) is 0 Å². The van der Waals surface area contributed by atoms with Gasteiger partial charge in [-0.15, -0.1) is 0 Å². The van der Waals surface area contributed by atoms with E-state index in [2.05, 4.69) is 37.2 Å². The average Bonchev–Trinajstić information content (AvgIpc) is 2.61. The quantitative estimate of drug-likeness (QED) is 0.749. The Morgan fingerprint density at radius 2 is 1.93 bits per heavy atom. The van der Waals surface area contributed by atoms with E-state index in [1.165, 1.54) is 18.5 Å². The summed E-state index contributed by atoms with van der Waals surface area (Å²) in [6.45, 7) is 8.97. The molecule has 1 atom stereocenters. The molecule has 0 aliphatic rings. The topological polar surface area (TPSA) is 20.7 Å². The molecular formula is C12H22N2S. The maximum atomic E-state index is 5.34. The molecule has 2 nitrogen and oxygen atoms in total. The van der Waals surface area contributed by atoms with Crippen LogP contribution in [-0.4, -0.2) is 9.55 Å². The molecule has 0 fully saturated rings. The summed E-state index contributed by atoms with van der Waals surface area (Å²) in [5, 5.41) is 0. The van der Waals surface area contributed by atoms with Gasteiger partial charge in [-0.2, -0.15) is 0 Å². The second kappa shape index (κ2) is 5.50. The molecule has 0 radical (unpaired) electrons. The van der Waals surface area contributed by atoms with Gasteiger partial charge in [0, 0.05) is 17.9 Å². The Hall–Kier alpha value is -0.570. The number of hydrogen-bond acceptors (Lipinski definition) is 1. The summed E-state index contributed by atoms with van der Waals surface area (Å²) in [6, 6.07) is 0.508. The molecule has 0 aliphatic carbocycles. The molecule has 0 bridgehead atoms. The molecule has 86 valence electrons. The maximum Gasteiger partial charge on any atom is 0.177 e. The smallest absolute Gasteiger partial charge is 0.177 e. The van der Waals surface area contributed by atoms with Gasteiger partial charge in [0.2, 0.25) is 0 Å². The lowest BCUT2D eigenvalue weighted by Gasteiger charge is -2.24. The second-order valence-electron chi connectivity index (χ2n) is 4.13. The monoisotopic (exact) mass is 226 g/mol. The van der Waals surface area contributed by atoms with Crippen LogP contribution in [0.3, 0.4) is 0 Å². The van der Waals surface area contributed by atoms with E-state index >= 15 is 0 Å².